The van der Waals surface area contributed by atoms with E-state index in [4.69, 9.17) is 39.5 Å². The second kappa shape index (κ2) is 9.39. The Labute approximate surface area is 181 Å². The Balaban J connectivity index is 1.87. The molecule has 0 atom stereocenters. The third kappa shape index (κ3) is 4.59. The highest BCUT2D eigenvalue weighted by molar-refractivity contribution is 6.35. The maximum atomic E-state index is 13.4. The molecule has 0 heterocycles. The standard InChI is InChI=1S/C22H24Cl3NO2/c1-2-12-28-20-9-7-16(14-19(20)25)26-21(27)22(10-4-3-5-11-22)17-8-6-15(23)13-18(17)24/h6-9,13-14H,2-5,10-12H2,1H3,(H,26,27). The molecule has 150 valence electrons. The highest BCUT2D eigenvalue weighted by atomic mass is 35.5. The molecule has 1 saturated carbocycles. The van der Waals surface area contributed by atoms with Crippen molar-refractivity contribution in [1.29, 1.82) is 0 Å². The number of rotatable bonds is 6. The van der Waals surface area contributed by atoms with E-state index in [9.17, 15) is 4.79 Å². The van der Waals surface area contributed by atoms with Gasteiger partial charge in [-0.25, -0.2) is 0 Å². The molecule has 3 rings (SSSR count). The molecule has 0 bridgehead atoms. The molecule has 0 unspecified atom stereocenters. The second-order valence-electron chi connectivity index (χ2n) is 7.21. The molecule has 1 N–H and O–H groups in total. The highest BCUT2D eigenvalue weighted by Gasteiger charge is 2.42. The summed E-state index contributed by atoms with van der Waals surface area (Å²) in [5, 5.41) is 4.62. The van der Waals surface area contributed by atoms with Crippen LogP contribution in [0, 0.1) is 0 Å². The predicted molar refractivity (Wildman–Crippen MR) is 117 cm³/mol. The molecule has 0 spiro atoms. The van der Waals surface area contributed by atoms with E-state index in [1.54, 1.807) is 24.3 Å². The first kappa shape index (κ1) is 21.3. The lowest BCUT2D eigenvalue weighted by Gasteiger charge is -2.37. The Morgan fingerprint density at radius 1 is 1.04 bits per heavy atom. The zero-order valence-electron chi connectivity index (χ0n) is 15.9. The Bertz CT molecular complexity index is 848. The van der Waals surface area contributed by atoms with E-state index in [2.05, 4.69) is 5.32 Å². The molecule has 3 nitrogen and oxygen atoms in total. The van der Waals surface area contributed by atoms with Gasteiger partial charge in [-0.2, -0.15) is 0 Å². The van der Waals surface area contributed by atoms with Crippen molar-refractivity contribution in [1.82, 2.24) is 0 Å². The predicted octanol–water partition coefficient (Wildman–Crippen LogP) is 7.28. The van der Waals surface area contributed by atoms with Crippen LogP contribution in [-0.2, 0) is 10.2 Å². The highest BCUT2D eigenvalue weighted by Crippen LogP contribution is 2.44. The summed E-state index contributed by atoms with van der Waals surface area (Å²) in [6, 6.07) is 10.7. The van der Waals surface area contributed by atoms with Crippen LogP contribution in [0.3, 0.4) is 0 Å². The topological polar surface area (TPSA) is 38.3 Å². The average molecular weight is 441 g/mol. The number of ether oxygens (including phenoxy) is 1. The molecule has 0 aromatic heterocycles. The minimum absolute atomic E-state index is 0.0604. The zero-order chi connectivity index (χ0) is 20.1. The molecule has 1 aliphatic rings. The second-order valence-corrected chi connectivity index (χ2v) is 8.47. The van der Waals surface area contributed by atoms with Crippen LogP contribution >= 0.6 is 34.8 Å². The summed E-state index contributed by atoms with van der Waals surface area (Å²) in [6.45, 7) is 2.64. The normalized spacial score (nSPS) is 15.9. The van der Waals surface area contributed by atoms with E-state index < -0.39 is 5.41 Å². The van der Waals surface area contributed by atoms with Gasteiger partial charge in [-0.1, -0.05) is 67.1 Å². The molecule has 0 radical (unpaired) electrons. The molecule has 0 aliphatic heterocycles. The number of halogens is 3. The Hall–Kier alpha value is -1.42. The van der Waals surface area contributed by atoms with Crippen molar-refractivity contribution in [3.8, 4) is 5.75 Å². The summed E-state index contributed by atoms with van der Waals surface area (Å²) in [4.78, 5) is 13.4. The molecule has 1 amide bonds. The van der Waals surface area contributed by atoms with Crippen LogP contribution < -0.4 is 10.1 Å². The minimum atomic E-state index is -0.663. The van der Waals surface area contributed by atoms with Crippen LogP contribution in [-0.4, -0.2) is 12.5 Å². The van der Waals surface area contributed by atoms with Gasteiger partial charge >= 0.3 is 0 Å². The van der Waals surface area contributed by atoms with Gasteiger partial charge in [0, 0.05) is 15.7 Å². The number of hydrogen-bond acceptors (Lipinski definition) is 2. The zero-order valence-corrected chi connectivity index (χ0v) is 18.1. The third-order valence-electron chi connectivity index (χ3n) is 5.24. The van der Waals surface area contributed by atoms with Crippen molar-refractivity contribution in [2.75, 3.05) is 11.9 Å². The fraction of sp³-hybridized carbons (Fsp3) is 0.409. The fourth-order valence-corrected chi connectivity index (χ4v) is 4.63. The molecule has 1 fully saturated rings. The van der Waals surface area contributed by atoms with Crippen LogP contribution in [0.5, 0.6) is 5.75 Å². The quantitative estimate of drug-likeness (QED) is 0.512. The van der Waals surface area contributed by atoms with Gasteiger partial charge in [0.25, 0.3) is 0 Å². The van der Waals surface area contributed by atoms with Gasteiger partial charge in [0.1, 0.15) is 5.75 Å². The van der Waals surface area contributed by atoms with Crippen LogP contribution in [0.4, 0.5) is 5.69 Å². The Morgan fingerprint density at radius 2 is 1.79 bits per heavy atom. The van der Waals surface area contributed by atoms with Gasteiger partial charge in [-0.15, -0.1) is 0 Å². The summed E-state index contributed by atoms with van der Waals surface area (Å²) in [7, 11) is 0. The van der Waals surface area contributed by atoms with E-state index in [-0.39, 0.29) is 5.91 Å². The molecule has 28 heavy (non-hydrogen) atoms. The van der Waals surface area contributed by atoms with Gasteiger partial charge in [0.2, 0.25) is 5.91 Å². The number of carbonyl (C=O) groups is 1. The van der Waals surface area contributed by atoms with Crippen molar-refractivity contribution in [2.45, 2.75) is 50.9 Å². The molecule has 2 aromatic rings. The molecule has 6 heteroatoms. The van der Waals surface area contributed by atoms with E-state index in [0.717, 1.165) is 44.1 Å². The first-order chi connectivity index (χ1) is 13.5. The summed E-state index contributed by atoms with van der Waals surface area (Å²) in [5.74, 6) is 0.560. The summed E-state index contributed by atoms with van der Waals surface area (Å²) >= 11 is 18.9. The maximum absolute atomic E-state index is 13.4. The summed E-state index contributed by atoms with van der Waals surface area (Å²) in [5.41, 5.74) is 0.822. The summed E-state index contributed by atoms with van der Waals surface area (Å²) in [6.07, 6.45) is 5.50. The SMILES string of the molecule is CCCOc1ccc(NC(=O)C2(c3ccc(Cl)cc3Cl)CCCCC2)cc1Cl. The largest absolute Gasteiger partial charge is 0.492 e. The average Bonchev–Trinajstić information content (AvgIpc) is 2.68. The van der Waals surface area contributed by atoms with Crippen molar-refractivity contribution >= 4 is 46.4 Å². The lowest BCUT2D eigenvalue weighted by Crippen LogP contribution is -2.42. The van der Waals surface area contributed by atoms with Gasteiger partial charge in [-0.3, -0.25) is 4.79 Å². The van der Waals surface area contributed by atoms with Gasteiger partial charge in [0.15, 0.2) is 0 Å². The molecule has 2 aromatic carbocycles. The van der Waals surface area contributed by atoms with Gasteiger partial charge in [0.05, 0.1) is 17.0 Å². The maximum Gasteiger partial charge on any atom is 0.235 e. The molecular formula is C22H24Cl3NO2. The van der Waals surface area contributed by atoms with Crippen molar-refractivity contribution < 1.29 is 9.53 Å². The number of amides is 1. The van der Waals surface area contributed by atoms with Crippen molar-refractivity contribution in [3.63, 3.8) is 0 Å². The van der Waals surface area contributed by atoms with E-state index in [1.165, 1.54) is 0 Å². The lowest BCUT2D eigenvalue weighted by atomic mass is 9.68. The first-order valence-corrected chi connectivity index (χ1v) is 10.8. The van der Waals surface area contributed by atoms with E-state index in [1.807, 2.05) is 19.1 Å². The molecule has 0 saturated heterocycles. The number of carbonyl (C=O) groups excluding carboxylic acids is 1. The monoisotopic (exact) mass is 439 g/mol. The first-order valence-electron chi connectivity index (χ1n) is 9.65. The van der Waals surface area contributed by atoms with Crippen LogP contribution in [0.15, 0.2) is 36.4 Å². The Morgan fingerprint density at radius 3 is 2.43 bits per heavy atom. The minimum Gasteiger partial charge on any atom is -0.492 e. The fourth-order valence-electron chi connectivity index (χ4n) is 3.81. The van der Waals surface area contributed by atoms with Crippen LogP contribution in [0.25, 0.3) is 0 Å². The number of hydrogen-bond donors (Lipinski definition) is 1. The van der Waals surface area contributed by atoms with Crippen LogP contribution in [0.1, 0.15) is 51.0 Å². The Kier molecular flexibility index (Phi) is 7.14. The van der Waals surface area contributed by atoms with Crippen LogP contribution in [0.2, 0.25) is 15.1 Å². The van der Waals surface area contributed by atoms with Gasteiger partial charge in [-0.05, 0) is 55.2 Å². The van der Waals surface area contributed by atoms with Crippen molar-refractivity contribution in [3.05, 3.63) is 57.0 Å². The smallest absolute Gasteiger partial charge is 0.235 e. The lowest BCUT2D eigenvalue weighted by molar-refractivity contribution is -0.122. The number of benzene rings is 2. The summed E-state index contributed by atoms with van der Waals surface area (Å²) < 4.78 is 5.60. The molecule has 1 aliphatic carbocycles. The number of anilines is 1. The molecular weight excluding hydrogens is 417 g/mol. The van der Waals surface area contributed by atoms with E-state index >= 15 is 0 Å². The van der Waals surface area contributed by atoms with Gasteiger partial charge < -0.3 is 10.1 Å². The van der Waals surface area contributed by atoms with E-state index in [0.29, 0.717) is 33.1 Å². The third-order valence-corrected chi connectivity index (χ3v) is 6.08. The van der Waals surface area contributed by atoms with Crippen molar-refractivity contribution in [2.24, 2.45) is 0 Å². The number of nitrogens with one attached hydrogen (secondary N) is 1.